The molecule has 0 radical (unpaired) electrons. The number of rotatable bonds is 4. The maximum absolute atomic E-state index is 5.83. The fraction of sp³-hybridized carbons (Fsp3) is 0.200. The highest BCUT2D eigenvalue weighted by Crippen LogP contribution is 2.21. The molecule has 0 fully saturated rings. The van der Waals surface area contributed by atoms with Crippen LogP contribution in [-0.4, -0.2) is 11.6 Å². The third-order valence-corrected chi connectivity index (χ3v) is 2.76. The summed E-state index contributed by atoms with van der Waals surface area (Å²) in [5, 5.41) is 0.784. The van der Waals surface area contributed by atoms with Gasteiger partial charge >= 0.3 is 0 Å². The molecule has 0 aliphatic heterocycles. The summed E-state index contributed by atoms with van der Waals surface area (Å²) in [6, 6.07) is 7.84. The van der Waals surface area contributed by atoms with Gasteiger partial charge in [0, 0.05) is 21.6 Å². The number of halogens is 2. The second kappa shape index (κ2) is 6.36. The molecule has 1 aromatic carbocycles. The molecule has 70 valence electrons. The van der Waals surface area contributed by atoms with Crippen LogP contribution in [0.4, 0.5) is 0 Å². The summed E-state index contributed by atoms with van der Waals surface area (Å²) in [4.78, 5) is 1.19. The second-order valence-corrected chi connectivity index (χ2v) is 4.23. The van der Waals surface area contributed by atoms with E-state index in [4.69, 9.17) is 23.2 Å². The SMILES string of the molecule is ClCC=CCSc1cccc(Cl)c1. The van der Waals surface area contributed by atoms with Crippen LogP contribution in [-0.2, 0) is 0 Å². The van der Waals surface area contributed by atoms with E-state index in [0.29, 0.717) is 5.88 Å². The van der Waals surface area contributed by atoms with E-state index in [2.05, 4.69) is 6.08 Å². The topological polar surface area (TPSA) is 0 Å². The van der Waals surface area contributed by atoms with Gasteiger partial charge in [0.25, 0.3) is 0 Å². The van der Waals surface area contributed by atoms with E-state index >= 15 is 0 Å². The Balaban J connectivity index is 2.41. The summed E-state index contributed by atoms with van der Waals surface area (Å²) >= 11 is 13.1. The molecule has 13 heavy (non-hydrogen) atoms. The molecule has 0 aliphatic rings. The minimum absolute atomic E-state index is 0.579. The lowest BCUT2D eigenvalue weighted by molar-refractivity contribution is 1.46. The summed E-state index contributed by atoms with van der Waals surface area (Å²) in [6.07, 6.45) is 4.00. The van der Waals surface area contributed by atoms with Crippen LogP contribution in [0.15, 0.2) is 41.3 Å². The van der Waals surface area contributed by atoms with Crippen LogP contribution in [0.1, 0.15) is 0 Å². The van der Waals surface area contributed by atoms with E-state index in [1.54, 1.807) is 11.8 Å². The van der Waals surface area contributed by atoms with Crippen LogP contribution in [0, 0.1) is 0 Å². The first-order valence-electron chi connectivity index (χ1n) is 3.92. The molecule has 0 saturated heterocycles. The number of thioether (sulfide) groups is 1. The third-order valence-electron chi connectivity index (χ3n) is 1.40. The fourth-order valence-electron chi connectivity index (χ4n) is 0.832. The molecule has 0 atom stereocenters. The van der Waals surface area contributed by atoms with Crippen molar-refractivity contribution in [3.8, 4) is 0 Å². The van der Waals surface area contributed by atoms with Crippen LogP contribution in [0.25, 0.3) is 0 Å². The normalized spacial score (nSPS) is 10.9. The summed E-state index contributed by atoms with van der Waals surface area (Å²) in [5.41, 5.74) is 0. The molecule has 0 aromatic heterocycles. The molecular formula is C10H10Cl2S. The molecule has 3 heteroatoms. The molecule has 0 bridgehead atoms. The van der Waals surface area contributed by atoms with Gasteiger partial charge in [0.2, 0.25) is 0 Å². The van der Waals surface area contributed by atoms with E-state index in [1.807, 2.05) is 30.3 Å². The van der Waals surface area contributed by atoms with Crippen molar-refractivity contribution in [1.29, 1.82) is 0 Å². The molecule has 1 aromatic rings. The maximum Gasteiger partial charge on any atom is 0.0417 e. The Morgan fingerprint density at radius 3 is 2.85 bits per heavy atom. The fourth-order valence-corrected chi connectivity index (χ4v) is 2.02. The van der Waals surface area contributed by atoms with E-state index < -0.39 is 0 Å². The number of hydrogen-bond acceptors (Lipinski definition) is 1. The van der Waals surface area contributed by atoms with Crippen molar-refractivity contribution in [1.82, 2.24) is 0 Å². The van der Waals surface area contributed by atoms with Gasteiger partial charge in [-0.3, -0.25) is 0 Å². The van der Waals surface area contributed by atoms with Crippen LogP contribution in [0.2, 0.25) is 5.02 Å². The van der Waals surface area contributed by atoms with Crippen molar-refractivity contribution in [3.05, 3.63) is 41.4 Å². The minimum atomic E-state index is 0.579. The standard InChI is InChI=1S/C10H10Cl2S/c11-6-1-2-7-13-10-5-3-4-9(12)8-10/h1-5,8H,6-7H2. The van der Waals surface area contributed by atoms with Crippen LogP contribution < -0.4 is 0 Å². The number of allylic oxidation sites excluding steroid dienone is 1. The highest BCUT2D eigenvalue weighted by molar-refractivity contribution is 7.99. The Hall–Kier alpha value is -0.110. The molecule has 0 spiro atoms. The maximum atomic E-state index is 5.83. The predicted octanol–water partition coefficient (Wildman–Crippen LogP) is 4.23. The lowest BCUT2D eigenvalue weighted by Gasteiger charge is -1.97. The van der Waals surface area contributed by atoms with Gasteiger partial charge in [-0.2, -0.15) is 0 Å². The molecule has 0 heterocycles. The first kappa shape index (κ1) is 11.0. The van der Waals surface area contributed by atoms with Crippen molar-refractivity contribution in [2.24, 2.45) is 0 Å². The summed E-state index contributed by atoms with van der Waals surface area (Å²) in [7, 11) is 0. The van der Waals surface area contributed by atoms with Crippen molar-refractivity contribution in [3.63, 3.8) is 0 Å². The average Bonchev–Trinajstić information content (AvgIpc) is 2.13. The molecular weight excluding hydrogens is 223 g/mol. The Morgan fingerprint density at radius 1 is 1.31 bits per heavy atom. The van der Waals surface area contributed by atoms with Crippen LogP contribution in [0.5, 0.6) is 0 Å². The van der Waals surface area contributed by atoms with E-state index in [-0.39, 0.29) is 0 Å². The highest BCUT2D eigenvalue weighted by Gasteiger charge is 1.92. The molecule has 0 unspecified atom stereocenters. The van der Waals surface area contributed by atoms with Crippen molar-refractivity contribution in [2.75, 3.05) is 11.6 Å². The summed E-state index contributed by atoms with van der Waals surface area (Å²) in [5.74, 6) is 1.52. The molecule has 0 nitrogen and oxygen atoms in total. The summed E-state index contributed by atoms with van der Waals surface area (Å²) < 4.78 is 0. The Kier molecular flexibility index (Phi) is 5.37. The number of benzene rings is 1. The summed E-state index contributed by atoms with van der Waals surface area (Å²) in [6.45, 7) is 0. The van der Waals surface area contributed by atoms with Gasteiger partial charge in [0.15, 0.2) is 0 Å². The largest absolute Gasteiger partial charge is 0.122 e. The van der Waals surface area contributed by atoms with Gasteiger partial charge in [0.05, 0.1) is 0 Å². The predicted molar refractivity (Wildman–Crippen MR) is 62.0 cm³/mol. The number of alkyl halides is 1. The lowest BCUT2D eigenvalue weighted by atomic mass is 10.4. The highest BCUT2D eigenvalue weighted by atomic mass is 35.5. The monoisotopic (exact) mass is 232 g/mol. The number of hydrogen-bond donors (Lipinski definition) is 0. The third kappa shape index (κ3) is 4.61. The molecule has 0 saturated carbocycles. The van der Waals surface area contributed by atoms with Gasteiger partial charge < -0.3 is 0 Å². The van der Waals surface area contributed by atoms with E-state index in [1.165, 1.54) is 4.90 Å². The minimum Gasteiger partial charge on any atom is -0.122 e. The van der Waals surface area contributed by atoms with Crippen molar-refractivity contribution < 1.29 is 0 Å². The van der Waals surface area contributed by atoms with E-state index in [9.17, 15) is 0 Å². The first-order chi connectivity index (χ1) is 6.33. The second-order valence-electron chi connectivity index (χ2n) is 2.39. The zero-order valence-corrected chi connectivity index (χ0v) is 9.37. The Labute approximate surface area is 92.9 Å². The van der Waals surface area contributed by atoms with Crippen LogP contribution in [0.3, 0.4) is 0 Å². The lowest BCUT2D eigenvalue weighted by Crippen LogP contribution is -1.74. The Bertz CT molecular complexity index is 284. The van der Waals surface area contributed by atoms with Crippen molar-refractivity contribution >= 4 is 35.0 Å². The van der Waals surface area contributed by atoms with Gasteiger partial charge in [-0.15, -0.1) is 23.4 Å². The van der Waals surface area contributed by atoms with Crippen molar-refractivity contribution in [2.45, 2.75) is 4.90 Å². The van der Waals surface area contributed by atoms with Gasteiger partial charge in [-0.1, -0.05) is 29.8 Å². The van der Waals surface area contributed by atoms with Crippen LogP contribution >= 0.6 is 35.0 Å². The quantitative estimate of drug-likeness (QED) is 0.426. The van der Waals surface area contributed by atoms with Gasteiger partial charge in [0.1, 0.15) is 0 Å². The Morgan fingerprint density at radius 2 is 2.15 bits per heavy atom. The molecule has 0 N–H and O–H groups in total. The smallest absolute Gasteiger partial charge is 0.0417 e. The first-order valence-corrected chi connectivity index (χ1v) is 5.82. The van der Waals surface area contributed by atoms with Gasteiger partial charge in [-0.05, 0) is 18.2 Å². The molecule has 1 rings (SSSR count). The zero-order valence-electron chi connectivity index (χ0n) is 7.04. The molecule has 0 aliphatic carbocycles. The van der Waals surface area contributed by atoms with E-state index in [0.717, 1.165) is 10.8 Å². The van der Waals surface area contributed by atoms with Gasteiger partial charge in [-0.25, -0.2) is 0 Å². The molecule has 0 amide bonds. The average molecular weight is 233 g/mol. The zero-order chi connectivity index (χ0) is 9.52.